The number of nitrogens with one attached hydrogen (secondary N) is 1. The average molecular weight is 184 g/mol. The molecular formula is C8H12N2O3. The quantitative estimate of drug-likeness (QED) is 0.733. The maximum atomic E-state index is 10.7. The van der Waals surface area contributed by atoms with Gasteiger partial charge in [-0.1, -0.05) is 13.3 Å². The lowest BCUT2D eigenvalue weighted by atomic mass is 10.1. The molecular weight excluding hydrogens is 172 g/mol. The van der Waals surface area contributed by atoms with Crippen molar-refractivity contribution < 1.29 is 14.6 Å². The predicted molar refractivity (Wildman–Crippen MR) is 46.1 cm³/mol. The molecule has 0 aliphatic heterocycles. The van der Waals surface area contributed by atoms with Gasteiger partial charge < -0.3 is 9.84 Å². The average Bonchev–Trinajstić information content (AvgIpc) is 2.48. The van der Waals surface area contributed by atoms with Gasteiger partial charge in [0, 0.05) is 5.56 Å². The van der Waals surface area contributed by atoms with Gasteiger partial charge in [0.1, 0.15) is 0 Å². The van der Waals surface area contributed by atoms with E-state index in [9.17, 15) is 4.79 Å². The Bertz CT molecular complexity index is 306. The molecule has 0 unspecified atom stereocenters. The molecule has 0 fully saturated rings. The smallest absolute Gasteiger partial charge is 0.354 e. The van der Waals surface area contributed by atoms with Crippen LogP contribution in [0.5, 0.6) is 5.88 Å². The topological polar surface area (TPSA) is 75.2 Å². The number of carbonyl (C=O) groups is 1. The second kappa shape index (κ2) is 3.93. The fourth-order valence-electron chi connectivity index (χ4n) is 1.18. The largest absolute Gasteiger partial charge is 0.480 e. The Labute approximate surface area is 75.7 Å². The first-order valence-corrected chi connectivity index (χ1v) is 4.05. The van der Waals surface area contributed by atoms with E-state index in [1.54, 1.807) is 0 Å². The Balaban J connectivity index is 3.06. The maximum absolute atomic E-state index is 10.7. The molecule has 72 valence electrons. The first-order valence-electron chi connectivity index (χ1n) is 4.05. The summed E-state index contributed by atoms with van der Waals surface area (Å²) in [6.07, 6.45) is 1.51. The molecule has 0 radical (unpaired) electrons. The first kappa shape index (κ1) is 9.57. The number of aromatic amines is 1. The highest BCUT2D eigenvalue weighted by Crippen LogP contribution is 2.20. The molecule has 2 N–H and O–H groups in total. The molecule has 0 aliphatic rings. The Kier molecular flexibility index (Phi) is 2.89. The van der Waals surface area contributed by atoms with E-state index in [2.05, 4.69) is 10.2 Å². The summed E-state index contributed by atoms with van der Waals surface area (Å²) >= 11 is 0. The summed E-state index contributed by atoms with van der Waals surface area (Å²) < 4.78 is 4.92. The van der Waals surface area contributed by atoms with Crippen LogP contribution in [0.1, 0.15) is 29.4 Å². The van der Waals surface area contributed by atoms with Gasteiger partial charge in [-0.3, -0.25) is 5.10 Å². The monoisotopic (exact) mass is 184 g/mol. The second-order valence-electron chi connectivity index (χ2n) is 2.64. The molecule has 0 spiro atoms. The molecule has 5 heteroatoms. The number of nitrogens with zero attached hydrogens (tertiary/aromatic N) is 1. The number of aromatic carboxylic acids is 1. The fraction of sp³-hybridized carbons (Fsp3) is 0.500. The molecule has 0 aliphatic carbocycles. The van der Waals surface area contributed by atoms with Crippen LogP contribution in [0.4, 0.5) is 0 Å². The van der Waals surface area contributed by atoms with Crippen molar-refractivity contribution in [1.29, 1.82) is 0 Å². The van der Waals surface area contributed by atoms with Crippen LogP contribution in [0.2, 0.25) is 0 Å². The SMILES string of the molecule is CCCc1c(OC)n[nH]c1C(=O)O. The van der Waals surface area contributed by atoms with Gasteiger partial charge >= 0.3 is 5.97 Å². The number of rotatable bonds is 4. The minimum Gasteiger partial charge on any atom is -0.480 e. The van der Waals surface area contributed by atoms with Crippen LogP contribution in [-0.4, -0.2) is 28.4 Å². The zero-order valence-corrected chi connectivity index (χ0v) is 7.63. The zero-order valence-electron chi connectivity index (χ0n) is 7.63. The van der Waals surface area contributed by atoms with Gasteiger partial charge in [0.25, 0.3) is 0 Å². The van der Waals surface area contributed by atoms with E-state index in [4.69, 9.17) is 9.84 Å². The van der Waals surface area contributed by atoms with Gasteiger partial charge in [0.05, 0.1) is 7.11 Å². The molecule has 5 nitrogen and oxygen atoms in total. The lowest BCUT2D eigenvalue weighted by Crippen LogP contribution is -2.01. The number of hydrogen-bond donors (Lipinski definition) is 2. The number of hydrogen-bond acceptors (Lipinski definition) is 3. The molecule has 0 aromatic carbocycles. The van der Waals surface area contributed by atoms with Crippen molar-refractivity contribution in [2.75, 3.05) is 7.11 Å². The summed E-state index contributed by atoms with van der Waals surface area (Å²) in [4.78, 5) is 10.7. The normalized spacial score (nSPS) is 10.0. The van der Waals surface area contributed by atoms with Crippen LogP contribution < -0.4 is 4.74 Å². The lowest BCUT2D eigenvalue weighted by molar-refractivity contribution is 0.0689. The van der Waals surface area contributed by atoms with Gasteiger partial charge in [-0.05, 0) is 6.42 Å². The minimum atomic E-state index is -1.00. The number of aromatic nitrogens is 2. The third kappa shape index (κ3) is 1.80. The van der Waals surface area contributed by atoms with Crippen LogP contribution in [0, 0.1) is 0 Å². The van der Waals surface area contributed by atoms with Gasteiger partial charge in [0.15, 0.2) is 5.69 Å². The molecule has 1 heterocycles. The van der Waals surface area contributed by atoms with E-state index < -0.39 is 5.97 Å². The third-order valence-electron chi connectivity index (χ3n) is 1.74. The van der Waals surface area contributed by atoms with Gasteiger partial charge in [-0.25, -0.2) is 4.79 Å². The van der Waals surface area contributed by atoms with Crippen molar-refractivity contribution >= 4 is 5.97 Å². The van der Waals surface area contributed by atoms with E-state index in [0.717, 1.165) is 6.42 Å². The summed E-state index contributed by atoms with van der Waals surface area (Å²) in [6.45, 7) is 1.97. The van der Waals surface area contributed by atoms with Crippen molar-refractivity contribution in [1.82, 2.24) is 10.2 Å². The summed E-state index contributed by atoms with van der Waals surface area (Å²) in [5, 5.41) is 15.0. The molecule has 0 saturated heterocycles. The highest BCUT2D eigenvalue weighted by Gasteiger charge is 2.17. The molecule has 1 aromatic heterocycles. The maximum Gasteiger partial charge on any atom is 0.354 e. The molecule has 0 atom stereocenters. The first-order chi connectivity index (χ1) is 6.20. The van der Waals surface area contributed by atoms with Gasteiger partial charge in [0.2, 0.25) is 5.88 Å². The Morgan fingerprint density at radius 1 is 1.69 bits per heavy atom. The molecule has 0 amide bonds. The highest BCUT2D eigenvalue weighted by molar-refractivity contribution is 5.87. The molecule has 13 heavy (non-hydrogen) atoms. The van der Waals surface area contributed by atoms with Crippen LogP contribution in [0.15, 0.2) is 0 Å². The van der Waals surface area contributed by atoms with Gasteiger partial charge in [-0.15, -0.1) is 5.10 Å². The number of carboxylic acid groups (broad SMARTS) is 1. The van der Waals surface area contributed by atoms with Crippen LogP contribution in [0.3, 0.4) is 0 Å². The van der Waals surface area contributed by atoms with Crippen molar-refractivity contribution in [3.8, 4) is 5.88 Å². The van der Waals surface area contributed by atoms with Crippen molar-refractivity contribution in [3.63, 3.8) is 0 Å². The van der Waals surface area contributed by atoms with E-state index in [-0.39, 0.29) is 5.69 Å². The molecule has 0 saturated carbocycles. The number of ether oxygens (including phenoxy) is 1. The number of carboxylic acids is 1. The number of H-pyrrole nitrogens is 1. The Morgan fingerprint density at radius 2 is 2.38 bits per heavy atom. The van der Waals surface area contributed by atoms with Crippen LogP contribution in [0.25, 0.3) is 0 Å². The van der Waals surface area contributed by atoms with Crippen LogP contribution in [-0.2, 0) is 6.42 Å². The third-order valence-corrected chi connectivity index (χ3v) is 1.74. The van der Waals surface area contributed by atoms with Gasteiger partial charge in [-0.2, -0.15) is 0 Å². The number of methoxy groups -OCH3 is 1. The summed E-state index contributed by atoms with van der Waals surface area (Å²) in [6, 6.07) is 0. The van der Waals surface area contributed by atoms with Crippen LogP contribution >= 0.6 is 0 Å². The molecule has 1 aromatic rings. The summed E-state index contributed by atoms with van der Waals surface area (Å²) in [5.74, 6) is -0.626. The van der Waals surface area contributed by atoms with Crippen molar-refractivity contribution in [2.24, 2.45) is 0 Å². The zero-order chi connectivity index (χ0) is 9.84. The van der Waals surface area contributed by atoms with Crippen molar-refractivity contribution in [2.45, 2.75) is 19.8 Å². The minimum absolute atomic E-state index is 0.124. The molecule has 1 rings (SSSR count). The second-order valence-corrected chi connectivity index (χ2v) is 2.64. The lowest BCUT2D eigenvalue weighted by Gasteiger charge is -1.99. The van der Waals surface area contributed by atoms with E-state index >= 15 is 0 Å². The molecule has 0 bridgehead atoms. The summed E-state index contributed by atoms with van der Waals surface area (Å²) in [7, 11) is 1.47. The Morgan fingerprint density at radius 3 is 2.85 bits per heavy atom. The predicted octanol–water partition coefficient (Wildman–Crippen LogP) is 1.07. The summed E-state index contributed by atoms with van der Waals surface area (Å²) in [5.41, 5.74) is 0.760. The highest BCUT2D eigenvalue weighted by atomic mass is 16.5. The standard InChI is InChI=1S/C8H12N2O3/c1-3-4-5-6(8(11)12)9-10-7(5)13-2/h3-4H2,1-2H3,(H,9,10)(H,11,12). The van der Waals surface area contributed by atoms with E-state index in [1.807, 2.05) is 6.92 Å². The van der Waals surface area contributed by atoms with E-state index in [1.165, 1.54) is 7.11 Å². The Hall–Kier alpha value is -1.52. The van der Waals surface area contributed by atoms with E-state index in [0.29, 0.717) is 17.9 Å². The fourth-order valence-corrected chi connectivity index (χ4v) is 1.18. The van der Waals surface area contributed by atoms with Crippen molar-refractivity contribution in [3.05, 3.63) is 11.3 Å².